The van der Waals surface area contributed by atoms with Crippen molar-refractivity contribution in [2.75, 3.05) is 0 Å². The zero-order chi connectivity index (χ0) is 20.0. The zero-order valence-electron chi connectivity index (χ0n) is 16.6. The highest BCUT2D eigenvalue weighted by atomic mass is 16.2. The number of hydrogen-bond donors (Lipinski definition) is 2. The van der Waals surface area contributed by atoms with Crippen molar-refractivity contribution in [3.8, 4) is 11.1 Å². The van der Waals surface area contributed by atoms with Gasteiger partial charge in [-0.25, -0.2) is 0 Å². The lowest BCUT2D eigenvalue weighted by Crippen LogP contribution is -2.51. The lowest BCUT2D eigenvalue weighted by Gasteiger charge is -2.23. The summed E-state index contributed by atoms with van der Waals surface area (Å²) >= 11 is 0. The number of benzene rings is 2. The molecule has 0 spiro atoms. The summed E-state index contributed by atoms with van der Waals surface area (Å²) in [6, 6.07) is 18.5. The first kappa shape index (κ1) is 19.8. The molecule has 2 aromatic carbocycles. The first-order chi connectivity index (χ1) is 13.5. The first-order valence-electron chi connectivity index (χ1n) is 9.71. The van der Waals surface area contributed by atoms with Crippen LogP contribution in [-0.4, -0.2) is 21.2 Å². The number of aromatic nitrogens is 2. The van der Waals surface area contributed by atoms with Crippen LogP contribution in [0.2, 0.25) is 0 Å². The Kier molecular flexibility index (Phi) is 6.26. The second-order valence-electron chi connectivity index (χ2n) is 7.41. The number of nitrogens with two attached hydrogens (primary N) is 1. The Bertz CT molecular complexity index is 899. The van der Waals surface area contributed by atoms with Crippen molar-refractivity contribution in [2.24, 2.45) is 5.73 Å². The maximum atomic E-state index is 12.4. The van der Waals surface area contributed by atoms with E-state index < -0.39 is 5.54 Å². The lowest BCUT2D eigenvalue weighted by atomic mass is 9.95. The van der Waals surface area contributed by atoms with E-state index in [1.165, 1.54) is 5.56 Å². The fraction of sp³-hybridized carbons (Fsp3) is 0.304. The number of amides is 1. The summed E-state index contributed by atoms with van der Waals surface area (Å²) in [5.74, 6) is -0.112. The Hall–Kier alpha value is -2.92. The minimum absolute atomic E-state index is 0.112. The van der Waals surface area contributed by atoms with Crippen LogP contribution in [0.15, 0.2) is 67.0 Å². The number of nitrogens with zero attached hydrogens (tertiary/aromatic N) is 2. The normalized spacial score (nSPS) is 13.1. The van der Waals surface area contributed by atoms with Gasteiger partial charge in [0.1, 0.15) is 0 Å². The highest BCUT2D eigenvalue weighted by Crippen LogP contribution is 2.24. The molecule has 1 atom stereocenters. The quantitative estimate of drug-likeness (QED) is 0.629. The number of carbonyl (C=O) groups is 1. The molecule has 0 bridgehead atoms. The SMILES string of the molecule is CCCC(C)(N)C(=O)NCc1ccccc1-c1ccc(Cn2cccn2)cc1. The van der Waals surface area contributed by atoms with E-state index >= 15 is 0 Å². The predicted molar refractivity (Wildman–Crippen MR) is 113 cm³/mol. The minimum Gasteiger partial charge on any atom is -0.350 e. The van der Waals surface area contributed by atoms with Crippen LogP contribution in [0.4, 0.5) is 0 Å². The molecule has 0 radical (unpaired) electrons. The van der Waals surface area contributed by atoms with Crippen molar-refractivity contribution in [1.29, 1.82) is 0 Å². The third-order valence-electron chi connectivity index (χ3n) is 4.91. The van der Waals surface area contributed by atoms with Gasteiger partial charge in [0.2, 0.25) is 5.91 Å². The summed E-state index contributed by atoms with van der Waals surface area (Å²) in [6.07, 6.45) is 5.28. The fourth-order valence-electron chi connectivity index (χ4n) is 3.34. The van der Waals surface area contributed by atoms with Crippen molar-refractivity contribution in [2.45, 2.75) is 45.3 Å². The second kappa shape index (κ2) is 8.85. The standard InChI is InChI=1S/C23H28N4O/c1-3-13-23(2,24)22(28)25-16-20-7-4-5-8-21(20)19-11-9-18(10-12-19)17-27-15-6-14-26-27/h4-12,14-15H,3,13,16-17,24H2,1-2H3,(H,25,28). The second-order valence-corrected chi connectivity index (χ2v) is 7.41. The molecule has 1 heterocycles. The molecule has 5 heteroatoms. The van der Waals surface area contributed by atoms with Crippen molar-refractivity contribution >= 4 is 5.91 Å². The van der Waals surface area contributed by atoms with Crippen molar-refractivity contribution in [1.82, 2.24) is 15.1 Å². The van der Waals surface area contributed by atoms with Crippen LogP contribution in [-0.2, 0) is 17.9 Å². The Morgan fingerprint density at radius 1 is 1.14 bits per heavy atom. The van der Waals surface area contributed by atoms with Crippen LogP contribution >= 0.6 is 0 Å². The predicted octanol–water partition coefficient (Wildman–Crippen LogP) is 3.73. The maximum Gasteiger partial charge on any atom is 0.240 e. The van der Waals surface area contributed by atoms with Crippen LogP contribution in [0, 0.1) is 0 Å². The molecular formula is C23H28N4O. The van der Waals surface area contributed by atoms with Gasteiger partial charge >= 0.3 is 0 Å². The van der Waals surface area contributed by atoms with E-state index in [-0.39, 0.29) is 5.91 Å². The molecule has 1 aromatic heterocycles. The fourth-order valence-corrected chi connectivity index (χ4v) is 3.34. The van der Waals surface area contributed by atoms with Gasteiger partial charge in [-0.3, -0.25) is 9.48 Å². The Balaban J connectivity index is 1.72. The summed E-state index contributed by atoms with van der Waals surface area (Å²) in [6.45, 7) is 5.03. The van der Waals surface area contributed by atoms with Gasteiger partial charge in [-0.05, 0) is 41.7 Å². The molecule has 28 heavy (non-hydrogen) atoms. The van der Waals surface area contributed by atoms with Crippen LogP contribution in [0.25, 0.3) is 11.1 Å². The number of carbonyl (C=O) groups excluding carboxylic acids is 1. The number of rotatable bonds is 8. The molecule has 0 aliphatic rings. The Morgan fingerprint density at radius 3 is 2.57 bits per heavy atom. The van der Waals surface area contributed by atoms with Crippen LogP contribution in [0.1, 0.15) is 37.8 Å². The van der Waals surface area contributed by atoms with Gasteiger partial charge in [0.15, 0.2) is 0 Å². The van der Waals surface area contributed by atoms with E-state index in [0.717, 1.165) is 29.7 Å². The molecule has 3 rings (SSSR count). The molecule has 1 amide bonds. The molecule has 1 unspecified atom stereocenters. The van der Waals surface area contributed by atoms with E-state index in [2.05, 4.69) is 40.7 Å². The zero-order valence-corrected chi connectivity index (χ0v) is 16.6. The third kappa shape index (κ3) is 4.87. The summed E-state index contributed by atoms with van der Waals surface area (Å²) < 4.78 is 1.90. The van der Waals surface area contributed by atoms with E-state index in [4.69, 9.17) is 5.73 Å². The van der Waals surface area contributed by atoms with Crippen LogP contribution < -0.4 is 11.1 Å². The van der Waals surface area contributed by atoms with E-state index in [0.29, 0.717) is 13.0 Å². The molecule has 3 N–H and O–H groups in total. The molecule has 0 aliphatic carbocycles. The van der Waals surface area contributed by atoms with Gasteiger partial charge in [0.25, 0.3) is 0 Å². The molecule has 5 nitrogen and oxygen atoms in total. The van der Waals surface area contributed by atoms with Crippen molar-refractivity contribution in [3.63, 3.8) is 0 Å². The maximum absolute atomic E-state index is 12.4. The molecule has 0 saturated heterocycles. The lowest BCUT2D eigenvalue weighted by molar-refractivity contribution is -0.126. The smallest absolute Gasteiger partial charge is 0.240 e. The monoisotopic (exact) mass is 376 g/mol. The molecular weight excluding hydrogens is 348 g/mol. The van der Waals surface area contributed by atoms with E-state index in [1.54, 1.807) is 13.1 Å². The van der Waals surface area contributed by atoms with Gasteiger partial charge in [0.05, 0.1) is 12.1 Å². The summed E-state index contributed by atoms with van der Waals surface area (Å²) in [4.78, 5) is 12.4. The van der Waals surface area contributed by atoms with Gasteiger partial charge < -0.3 is 11.1 Å². The molecule has 3 aromatic rings. The van der Waals surface area contributed by atoms with Gasteiger partial charge in [-0.15, -0.1) is 0 Å². The van der Waals surface area contributed by atoms with Crippen molar-refractivity contribution < 1.29 is 4.79 Å². The third-order valence-corrected chi connectivity index (χ3v) is 4.91. The Morgan fingerprint density at radius 2 is 1.89 bits per heavy atom. The molecule has 146 valence electrons. The number of hydrogen-bond acceptors (Lipinski definition) is 3. The average Bonchev–Trinajstić information content (AvgIpc) is 3.20. The van der Waals surface area contributed by atoms with Crippen LogP contribution in [0.5, 0.6) is 0 Å². The van der Waals surface area contributed by atoms with Gasteiger partial charge in [-0.1, -0.05) is 61.9 Å². The van der Waals surface area contributed by atoms with Gasteiger partial charge in [-0.2, -0.15) is 5.10 Å². The Labute approximate surface area is 166 Å². The number of nitrogens with one attached hydrogen (secondary N) is 1. The minimum atomic E-state index is -0.835. The molecule has 0 saturated carbocycles. The highest BCUT2D eigenvalue weighted by molar-refractivity contribution is 5.85. The highest BCUT2D eigenvalue weighted by Gasteiger charge is 2.26. The average molecular weight is 377 g/mol. The van der Waals surface area contributed by atoms with E-state index in [1.807, 2.05) is 42.1 Å². The van der Waals surface area contributed by atoms with Crippen molar-refractivity contribution in [3.05, 3.63) is 78.1 Å². The topological polar surface area (TPSA) is 72.9 Å². The molecule has 0 aliphatic heterocycles. The summed E-state index contributed by atoms with van der Waals surface area (Å²) in [5.41, 5.74) is 9.80. The van der Waals surface area contributed by atoms with Crippen LogP contribution in [0.3, 0.4) is 0 Å². The largest absolute Gasteiger partial charge is 0.350 e. The first-order valence-corrected chi connectivity index (χ1v) is 9.71. The van der Waals surface area contributed by atoms with E-state index in [9.17, 15) is 4.79 Å². The molecule has 0 fully saturated rings. The summed E-state index contributed by atoms with van der Waals surface area (Å²) in [5, 5.41) is 7.25. The van der Waals surface area contributed by atoms with Gasteiger partial charge in [0, 0.05) is 18.9 Å². The summed E-state index contributed by atoms with van der Waals surface area (Å²) in [7, 11) is 0.